The Bertz CT molecular complexity index is 290. The summed E-state index contributed by atoms with van der Waals surface area (Å²) in [5, 5.41) is 5.11. The Balaban J connectivity index is 3.16. The van der Waals surface area contributed by atoms with Crippen LogP contribution in [-0.4, -0.2) is 14.8 Å². The number of aromatic nitrogens is 3. The lowest BCUT2D eigenvalue weighted by molar-refractivity contribution is 0.135. The molecule has 0 unspecified atom stereocenters. The zero-order valence-corrected chi connectivity index (χ0v) is 5.84. The minimum absolute atomic E-state index is 0.203. The van der Waals surface area contributed by atoms with E-state index in [9.17, 15) is 13.6 Å². The van der Waals surface area contributed by atoms with E-state index in [1.54, 1.807) is 6.92 Å². The first-order valence-corrected chi connectivity index (χ1v) is 3.10. The molecule has 1 aromatic rings. The third-order valence-electron chi connectivity index (χ3n) is 1.30. The van der Waals surface area contributed by atoms with Crippen molar-refractivity contribution in [2.45, 2.75) is 19.9 Å². The van der Waals surface area contributed by atoms with Gasteiger partial charge < -0.3 is 0 Å². The van der Waals surface area contributed by atoms with Crippen LogP contribution in [0.5, 0.6) is 0 Å². The molecule has 0 aliphatic heterocycles. The summed E-state index contributed by atoms with van der Waals surface area (Å²) in [4.78, 5) is 10.7. The summed E-state index contributed by atoms with van der Waals surface area (Å²) in [6.07, 6.45) is -2.70. The molecule has 1 aromatic heterocycles. The van der Waals surface area contributed by atoms with Crippen LogP contribution in [0.2, 0.25) is 0 Å². The maximum Gasteiger partial charge on any atom is 0.343 e. The number of alkyl halides is 2. The summed E-state index contributed by atoms with van der Waals surface area (Å²) < 4.78 is 24.9. The fraction of sp³-hybridized carbons (Fsp3) is 0.600. The molecule has 0 bridgehead atoms. The second-order valence-electron chi connectivity index (χ2n) is 1.93. The van der Waals surface area contributed by atoms with Crippen molar-refractivity contribution in [1.29, 1.82) is 0 Å². The lowest BCUT2D eigenvalue weighted by Gasteiger charge is -1.98. The lowest BCUT2D eigenvalue weighted by Crippen LogP contribution is -2.17. The van der Waals surface area contributed by atoms with Crippen molar-refractivity contribution >= 4 is 0 Å². The highest BCUT2D eigenvalue weighted by molar-refractivity contribution is 4.86. The molecule has 0 aliphatic rings. The minimum Gasteiger partial charge on any atom is -0.275 e. The first-order chi connectivity index (χ1) is 5.16. The molecule has 0 fully saturated rings. The first-order valence-electron chi connectivity index (χ1n) is 3.10. The van der Waals surface area contributed by atoms with Crippen molar-refractivity contribution in [3.05, 3.63) is 16.3 Å². The van der Waals surface area contributed by atoms with Crippen LogP contribution in [0.3, 0.4) is 0 Å². The van der Waals surface area contributed by atoms with Gasteiger partial charge in [0, 0.05) is 6.54 Å². The molecule has 0 saturated carbocycles. The molecule has 0 spiro atoms. The van der Waals surface area contributed by atoms with Crippen LogP contribution in [0.15, 0.2) is 4.79 Å². The predicted molar refractivity (Wildman–Crippen MR) is 33.5 cm³/mol. The number of nitrogens with one attached hydrogen (secondary N) is 1. The van der Waals surface area contributed by atoms with Gasteiger partial charge >= 0.3 is 5.69 Å². The molecular formula is C5H7F2N3O. The van der Waals surface area contributed by atoms with Crippen molar-refractivity contribution in [3.8, 4) is 0 Å². The lowest BCUT2D eigenvalue weighted by atomic mass is 10.6. The molecule has 0 amide bonds. The number of nitrogens with zero attached hydrogens (tertiary/aromatic N) is 2. The number of hydrogen-bond acceptors (Lipinski definition) is 2. The van der Waals surface area contributed by atoms with Gasteiger partial charge in [0.2, 0.25) is 5.82 Å². The van der Waals surface area contributed by atoms with Gasteiger partial charge in [0.25, 0.3) is 6.43 Å². The van der Waals surface area contributed by atoms with Crippen LogP contribution in [0.25, 0.3) is 0 Å². The van der Waals surface area contributed by atoms with E-state index >= 15 is 0 Å². The summed E-state index contributed by atoms with van der Waals surface area (Å²) in [5.41, 5.74) is -0.595. The molecule has 1 N–H and O–H groups in total. The van der Waals surface area contributed by atoms with E-state index in [0.717, 1.165) is 4.57 Å². The highest BCUT2D eigenvalue weighted by atomic mass is 19.3. The van der Waals surface area contributed by atoms with Crippen molar-refractivity contribution in [1.82, 2.24) is 14.8 Å². The minimum atomic E-state index is -2.70. The van der Waals surface area contributed by atoms with Crippen LogP contribution in [-0.2, 0) is 6.54 Å². The summed E-state index contributed by atoms with van der Waals surface area (Å²) >= 11 is 0. The monoisotopic (exact) mass is 163 g/mol. The smallest absolute Gasteiger partial charge is 0.275 e. The van der Waals surface area contributed by atoms with E-state index in [-0.39, 0.29) is 6.54 Å². The second-order valence-corrected chi connectivity index (χ2v) is 1.93. The van der Waals surface area contributed by atoms with Crippen LogP contribution < -0.4 is 5.69 Å². The highest BCUT2D eigenvalue weighted by Gasteiger charge is 2.15. The molecule has 0 aromatic carbocycles. The van der Waals surface area contributed by atoms with Gasteiger partial charge in [-0.15, -0.1) is 0 Å². The standard InChI is InChI=1S/C5H7F2N3O/c1-2-10-4(3(6)7)8-9-5(10)11/h3H,2H2,1H3,(H,9,11). The normalized spacial score (nSPS) is 10.9. The summed E-state index contributed by atoms with van der Waals surface area (Å²) in [6, 6.07) is 0. The summed E-state index contributed by atoms with van der Waals surface area (Å²) in [7, 11) is 0. The van der Waals surface area contributed by atoms with Crippen molar-refractivity contribution in [3.63, 3.8) is 0 Å². The second kappa shape index (κ2) is 2.81. The Labute approximate surface area is 60.8 Å². The zero-order valence-electron chi connectivity index (χ0n) is 5.84. The van der Waals surface area contributed by atoms with Gasteiger partial charge in [0.1, 0.15) is 0 Å². The third-order valence-corrected chi connectivity index (χ3v) is 1.30. The highest BCUT2D eigenvalue weighted by Crippen LogP contribution is 2.13. The maximum atomic E-state index is 12.0. The molecule has 0 atom stereocenters. The zero-order chi connectivity index (χ0) is 8.43. The van der Waals surface area contributed by atoms with E-state index in [1.807, 2.05) is 5.10 Å². The third kappa shape index (κ3) is 1.28. The maximum absolute atomic E-state index is 12.0. The van der Waals surface area contributed by atoms with Gasteiger partial charge in [0.15, 0.2) is 0 Å². The van der Waals surface area contributed by atoms with Gasteiger partial charge in [-0.25, -0.2) is 18.7 Å². The molecule has 11 heavy (non-hydrogen) atoms. The van der Waals surface area contributed by atoms with Crippen molar-refractivity contribution in [2.24, 2.45) is 0 Å². The number of hydrogen-bond donors (Lipinski definition) is 1. The number of aromatic amines is 1. The number of rotatable bonds is 2. The van der Waals surface area contributed by atoms with Crippen LogP contribution >= 0.6 is 0 Å². The molecule has 62 valence electrons. The van der Waals surface area contributed by atoms with E-state index in [2.05, 4.69) is 5.10 Å². The van der Waals surface area contributed by atoms with Crippen LogP contribution in [0, 0.1) is 0 Å². The summed E-state index contributed by atoms with van der Waals surface area (Å²) in [5.74, 6) is -0.502. The molecule has 1 heterocycles. The fourth-order valence-electron chi connectivity index (χ4n) is 0.802. The quantitative estimate of drug-likeness (QED) is 0.691. The summed E-state index contributed by atoms with van der Waals surface area (Å²) in [6.45, 7) is 1.80. The molecule has 4 nitrogen and oxygen atoms in total. The van der Waals surface area contributed by atoms with Gasteiger partial charge in [-0.2, -0.15) is 5.10 Å². The van der Waals surface area contributed by atoms with Crippen LogP contribution in [0.1, 0.15) is 19.2 Å². The van der Waals surface area contributed by atoms with E-state index in [0.29, 0.717) is 0 Å². The molecular weight excluding hydrogens is 156 g/mol. The van der Waals surface area contributed by atoms with E-state index < -0.39 is 17.9 Å². The SMILES string of the molecule is CCn1c(C(F)F)n[nH]c1=O. The number of halogens is 2. The predicted octanol–water partition coefficient (Wildman–Crippen LogP) is 0.529. The number of H-pyrrole nitrogens is 1. The van der Waals surface area contributed by atoms with E-state index in [1.165, 1.54) is 0 Å². The average molecular weight is 163 g/mol. The van der Waals surface area contributed by atoms with E-state index in [4.69, 9.17) is 0 Å². The van der Waals surface area contributed by atoms with Gasteiger partial charge in [0.05, 0.1) is 0 Å². The van der Waals surface area contributed by atoms with Crippen molar-refractivity contribution < 1.29 is 8.78 Å². The van der Waals surface area contributed by atoms with Gasteiger partial charge in [-0.3, -0.25) is 4.57 Å². The molecule has 0 radical (unpaired) electrons. The van der Waals surface area contributed by atoms with Crippen molar-refractivity contribution in [2.75, 3.05) is 0 Å². The van der Waals surface area contributed by atoms with Crippen LogP contribution in [0.4, 0.5) is 8.78 Å². The Morgan fingerprint density at radius 1 is 1.73 bits per heavy atom. The Hall–Kier alpha value is -1.20. The Morgan fingerprint density at radius 2 is 2.36 bits per heavy atom. The fourth-order valence-corrected chi connectivity index (χ4v) is 0.802. The molecule has 0 saturated heterocycles. The molecule has 6 heteroatoms. The first kappa shape index (κ1) is 7.90. The van der Waals surface area contributed by atoms with Gasteiger partial charge in [-0.1, -0.05) is 0 Å². The molecule has 0 aliphatic carbocycles. The topological polar surface area (TPSA) is 50.7 Å². The Kier molecular flexibility index (Phi) is 2.02. The average Bonchev–Trinajstić information content (AvgIpc) is 2.30. The molecule has 1 rings (SSSR count). The largest absolute Gasteiger partial charge is 0.343 e. The van der Waals surface area contributed by atoms with Gasteiger partial charge in [-0.05, 0) is 6.92 Å². The Morgan fingerprint density at radius 3 is 2.73 bits per heavy atom.